The first-order valence-corrected chi connectivity index (χ1v) is 10.4. The van der Waals surface area contributed by atoms with E-state index in [1.165, 1.54) is 11.1 Å². The van der Waals surface area contributed by atoms with E-state index < -0.39 is 8.15 Å². The molecule has 134 valence electrons. The molecule has 0 aliphatic heterocycles. The smallest absolute Gasteiger partial charge is 0.104 e. The third-order valence-electron chi connectivity index (χ3n) is 4.51. The zero-order valence-corrected chi connectivity index (χ0v) is 17.2. The SMILES string of the molecule is CC(C)(C)P(O[C@@H]1CCc2ccc(-c3ccccc3)nc21)C(C)(C)C. The van der Waals surface area contributed by atoms with Gasteiger partial charge in [-0.15, -0.1) is 0 Å². The van der Waals surface area contributed by atoms with Crippen molar-refractivity contribution in [2.45, 2.75) is 70.8 Å². The Kier molecular flexibility index (Phi) is 5.06. The highest BCUT2D eigenvalue weighted by atomic mass is 31.1. The molecule has 0 N–H and O–H groups in total. The van der Waals surface area contributed by atoms with Gasteiger partial charge in [0.1, 0.15) is 6.10 Å². The molecule has 3 rings (SSSR count). The van der Waals surface area contributed by atoms with E-state index in [0.29, 0.717) is 0 Å². The Morgan fingerprint density at radius 2 is 1.56 bits per heavy atom. The van der Waals surface area contributed by atoms with Gasteiger partial charge in [-0.2, -0.15) is 0 Å². The molecule has 1 heterocycles. The molecule has 1 aliphatic rings. The molecule has 2 nitrogen and oxygen atoms in total. The Labute approximate surface area is 153 Å². The number of pyridine rings is 1. The average Bonchev–Trinajstić information content (AvgIpc) is 2.93. The van der Waals surface area contributed by atoms with Gasteiger partial charge < -0.3 is 4.52 Å². The topological polar surface area (TPSA) is 22.1 Å². The van der Waals surface area contributed by atoms with Crippen LogP contribution < -0.4 is 0 Å². The Hall–Kier alpha value is -1.24. The molecule has 0 saturated carbocycles. The summed E-state index contributed by atoms with van der Waals surface area (Å²) in [7, 11) is -0.582. The summed E-state index contributed by atoms with van der Waals surface area (Å²) in [6.07, 6.45) is 2.24. The maximum absolute atomic E-state index is 6.76. The van der Waals surface area contributed by atoms with Crippen LogP contribution in [0.3, 0.4) is 0 Å². The number of fused-ring (bicyclic) bond motifs is 1. The van der Waals surface area contributed by atoms with Crippen LogP contribution in [0.25, 0.3) is 11.3 Å². The standard InChI is InChI=1S/C22H30NOP/c1-21(2,3)25(22(4,5)6)24-19-15-13-17-12-14-18(23-20(17)19)16-10-8-7-9-11-16/h7-12,14,19H,13,15H2,1-6H3/t19-/m1/s1. The van der Waals surface area contributed by atoms with Gasteiger partial charge in [0, 0.05) is 24.0 Å². The van der Waals surface area contributed by atoms with Crippen LogP contribution in [0.5, 0.6) is 0 Å². The summed E-state index contributed by atoms with van der Waals surface area (Å²) < 4.78 is 6.76. The Morgan fingerprint density at radius 1 is 0.920 bits per heavy atom. The number of rotatable bonds is 3. The molecule has 2 aromatic rings. The number of aromatic nitrogens is 1. The molecule has 0 spiro atoms. The van der Waals surface area contributed by atoms with Gasteiger partial charge in [-0.05, 0) is 24.5 Å². The molecule has 0 radical (unpaired) electrons. The van der Waals surface area contributed by atoms with Gasteiger partial charge >= 0.3 is 0 Å². The minimum Gasteiger partial charge on any atom is -0.349 e. The summed E-state index contributed by atoms with van der Waals surface area (Å²) in [5, 5.41) is 0.320. The second kappa shape index (κ2) is 6.82. The quantitative estimate of drug-likeness (QED) is 0.568. The lowest BCUT2D eigenvalue weighted by Crippen LogP contribution is -2.27. The van der Waals surface area contributed by atoms with E-state index in [2.05, 4.69) is 77.9 Å². The summed E-state index contributed by atoms with van der Waals surface area (Å²) in [4.78, 5) is 5.01. The van der Waals surface area contributed by atoms with Crippen molar-refractivity contribution in [3.05, 3.63) is 53.7 Å². The van der Waals surface area contributed by atoms with Crippen LogP contribution >= 0.6 is 8.15 Å². The lowest BCUT2D eigenvalue weighted by Gasteiger charge is -2.41. The largest absolute Gasteiger partial charge is 0.349 e. The van der Waals surface area contributed by atoms with Crippen LogP contribution in [-0.4, -0.2) is 15.3 Å². The maximum Gasteiger partial charge on any atom is 0.104 e. The summed E-state index contributed by atoms with van der Waals surface area (Å²) >= 11 is 0. The van der Waals surface area contributed by atoms with Crippen molar-refractivity contribution in [1.82, 2.24) is 4.98 Å². The highest BCUT2D eigenvalue weighted by Gasteiger charge is 2.39. The van der Waals surface area contributed by atoms with Gasteiger partial charge in [0.15, 0.2) is 0 Å². The fourth-order valence-corrected chi connectivity index (χ4v) is 6.84. The van der Waals surface area contributed by atoms with Crippen LogP contribution in [0.15, 0.2) is 42.5 Å². The molecule has 0 amide bonds. The Morgan fingerprint density at radius 3 is 2.16 bits per heavy atom. The second-order valence-corrected chi connectivity index (χ2v) is 12.4. The molecule has 1 aromatic carbocycles. The first-order valence-electron chi connectivity index (χ1n) is 9.18. The number of benzene rings is 1. The van der Waals surface area contributed by atoms with E-state index in [0.717, 1.165) is 24.2 Å². The summed E-state index contributed by atoms with van der Waals surface area (Å²) in [6.45, 7) is 13.8. The molecule has 0 fully saturated rings. The molecule has 3 heteroatoms. The molecular formula is C22H30NOP. The van der Waals surface area contributed by atoms with Crippen molar-refractivity contribution in [3.8, 4) is 11.3 Å². The third-order valence-corrected chi connectivity index (χ3v) is 7.42. The van der Waals surface area contributed by atoms with Crippen LogP contribution in [0.4, 0.5) is 0 Å². The molecule has 25 heavy (non-hydrogen) atoms. The number of aryl methyl sites for hydroxylation is 1. The van der Waals surface area contributed by atoms with E-state index in [4.69, 9.17) is 9.51 Å². The van der Waals surface area contributed by atoms with Crippen molar-refractivity contribution in [2.75, 3.05) is 0 Å². The first-order chi connectivity index (χ1) is 11.7. The van der Waals surface area contributed by atoms with E-state index in [1.807, 2.05) is 6.07 Å². The van der Waals surface area contributed by atoms with Gasteiger partial charge in [0.2, 0.25) is 0 Å². The normalized spacial score (nSPS) is 17.8. The van der Waals surface area contributed by atoms with Crippen LogP contribution in [0.1, 0.15) is 65.3 Å². The summed E-state index contributed by atoms with van der Waals surface area (Å²) in [5.74, 6) is 0. The Balaban J connectivity index is 1.90. The van der Waals surface area contributed by atoms with Gasteiger partial charge in [-0.1, -0.05) is 77.9 Å². The van der Waals surface area contributed by atoms with Crippen LogP contribution in [0, 0.1) is 0 Å². The zero-order valence-electron chi connectivity index (χ0n) is 16.3. The second-order valence-electron chi connectivity index (χ2n) is 8.88. The summed E-state index contributed by atoms with van der Waals surface area (Å²) in [5.41, 5.74) is 4.72. The van der Waals surface area contributed by atoms with Crippen LogP contribution in [0.2, 0.25) is 0 Å². The highest BCUT2D eigenvalue weighted by Crippen LogP contribution is 2.63. The van der Waals surface area contributed by atoms with E-state index >= 15 is 0 Å². The van der Waals surface area contributed by atoms with Crippen molar-refractivity contribution >= 4 is 8.15 Å². The minimum atomic E-state index is -0.582. The molecular weight excluding hydrogens is 325 g/mol. The molecule has 1 atom stereocenters. The van der Waals surface area contributed by atoms with Gasteiger partial charge in [-0.25, -0.2) is 4.98 Å². The number of nitrogens with zero attached hydrogens (tertiary/aromatic N) is 1. The van der Waals surface area contributed by atoms with E-state index in [1.54, 1.807) is 0 Å². The van der Waals surface area contributed by atoms with Crippen molar-refractivity contribution < 1.29 is 4.52 Å². The lowest BCUT2D eigenvalue weighted by atomic mass is 10.1. The highest BCUT2D eigenvalue weighted by molar-refractivity contribution is 7.55. The van der Waals surface area contributed by atoms with E-state index in [-0.39, 0.29) is 16.4 Å². The molecule has 1 aliphatic carbocycles. The lowest BCUT2D eigenvalue weighted by molar-refractivity contribution is 0.214. The van der Waals surface area contributed by atoms with Gasteiger partial charge in [-0.3, -0.25) is 0 Å². The third kappa shape index (κ3) is 4.13. The predicted molar refractivity (Wildman–Crippen MR) is 108 cm³/mol. The molecule has 0 bridgehead atoms. The average molecular weight is 355 g/mol. The molecule has 1 aromatic heterocycles. The van der Waals surface area contributed by atoms with Gasteiger partial charge in [0.05, 0.1) is 11.4 Å². The monoisotopic (exact) mass is 355 g/mol. The Bertz CT molecular complexity index is 714. The molecule has 0 unspecified atom stereocenters. The van der Waals surface area contributed by atoms with Crippen molar-refractivity contribution in [1.29, 1.82) is 0 Å². The first kappa shape index (κ1) is 18.5. The van der Waals surface area contributed by atoms with Crippen LogP contribution in [-0.2, 0) is 10.9 Å². The fourth-order valence-electron chi connectivity index (χ4n) is 3.74. The van der Waals surface area contributed by atoms with E-state index in [9.17, 15) is 0 Å². The van der Waals surface area contributed by atoms with Crippen molar-refractivity contribution in [3.63, 3.8) is 0 Å². The fraction of sp³-hybridized carbons (Fsp3) is 0.500. The maximum atomic E-state index is 6.76. The summed E-state index contributed by atoms with van der Waals surface area (Å²) in [6, 6.07) is 14.8. The molecule has 0 saturated heterocycles. The minimum absolute atomic E-state index is 0.128. The number of hydrogen-bond donors (Lipinski definition) is 0. The number of hydrogen-bond acceptors (Lipinski definition) is 2. The van der Waals surface area contributed by atoms with Crippen molar-refractivity contribution in [2.24, 2.45) is 0 Å². The zero-order chi connectivity index (χ0) is 18.2. The predicted octanol–water partition coefficient (Wildman–Crippen LogP) is 6.75. The van der Waals surface area contributed by atoms with Gasteiger partial charge in [0.25, 0.3) is 0 Å².